The number of esters is 1. The topological polar surface area (TPSA) is 32.8 Å². The number of carbonyl (C=O) groups excluding carboxylic acids is 1. The van der Waals surface area contributed by atoms with Gasteiger partial charge >= 0.3 is 5.97 Å². The summed E-state index contributed by atoms with van der Waals surface area (Å²) in [6.45, 7) is 14.1. The average Bonchev–Trinajstić information content (AvgIpc) is 2.32. The molecule has 106 valence electrons. The maximum Gasteiger partial charge on any atom is 0.323 e. The first-order valence-electron chi connectivity index (χ1n) is 7.21. The van der Waals surface area contributed by atoms with E-state index >= 15 is 0 Å². The quantitative estimate of drug-likeness (QED) is 0.676. The molecule has 1 aliphatic rings. The van der Waals surface area contributed by atoms with Crippen molar-refractivity contribution in [2.75, 3.05) is 39.3 Å². The van der Waals surface area contributed by atoms with Gasteiger partial charge in [-0.3, -0.25) is 9.69 Å². The first-order valence-corrected chi connectivity index (χ1v) is 7.21. The van der Waals surface area contributed by atoms with Crippen LogP contribution in [0.3, 0.4) is 0 Å². The number of carbonyl (C=O) groups is 1. The van der Waals surface area contributed by atoms with Crippen LogP contribution in [0.25, 0.3) is 0 Å². The van der Waals surface area contributed by atoms with Crippen molar-refractivity contribution in [3.05, 3.63) is 0 Å². The van der Waals surface area contributed by atoms with Gasteiger partial charge in [-0.15, -0.1) is 0 Å². The number of piperazine rings is 1. The molecule has 1 rings (SSSR count). The summed E-state index contributed by atoms with van der Waals surface area (Å²) in [5.74, 6) is 0.654. The van der Waals surface area contributed by atoms with Crippen molar-refractivity contribution < 1.29 is 9.53 Å². The molecule has 1 saturated heterocycles. The molecule has 18 heavy (non-hydrogen) atoms. The van der Waals surface area contributed by atoms with E-state index in [0.29, 0.717) is 12.5 Å². The first kappa shape index (κ1) is 15.4. The summed E-state index contributed by atoms with van der Waals surface area (Å²) in [5.41, 5.74) is 0. The highest BCUT2D eigenvalue weighted by Gasteiger charge is 2.28. The van der Waals surface area contributed by atoms with E-state index in [9.17, 15) is 4.79 Å². The molecule has 0 aromatic rings. The molecule has 1 atom stereocenters. The van der Waals surface area contributed by atoms with Crippen LogP contribution < -0.4 is 0 Å². The van der Waals surface area contributed by atoms with Crippen LogP contribution in [0.5, 0.6) is 0 Å². The Kier molecular flexibility index (Phi) is 6.65. The number of ether oxygens (including phenoxy) is 1. The lowest BCUT2D eigenvalue weighted by Crippen LogP contribution is -2.53. The summed E-state index contributed by atoms with van der Waals surface area (Å²) < 4.78 is 5.15. The van der Waals surface area contributed by atoms with Crippen LogP contribution in [-0.2, 0) is 9.53 Å². The van der Waals surface area contributed by atoms with Gasteiger partial charge < -0.3 is 9.64 Å². The van der Waals surface area contributed by atoms with E-state index < -0.39 is 0 Å². The van der Waals surface area contributed by atoms with Gasteiger partial charge in [0.2, 0.25) is 0 Å². The van der Waals surface area contributed by atoms with Gasteiger partial charge in [0.15, 0.2) is 0 Å². The van der Waals surface area contributed by atoms with E-state index in [4.69, 9.17) is 4.74 Å². The van der Waals surface area contributed by atoms with E-state index in [0.717, 1.165) is 39.1 Å². The second kappa shape index (κ2) is 7.74. The fraction of sp³-hybridized carbons (Fsp3) is 0.929. The van der Waals surface area contributed by atoms with Gasteiger partial charge in [0.25, 0.3) is 0 Å². The maximum absolute atomic E-state index is 11.9. The molecule has 0 amide bonds. The molecule has 0 aliphatic carbocycles. The van der Waals surface area contributed by atoms with Crippen molar-refractivity contribution in [2.45, 2.75) is 40.2 Å². The van der Waals surface area contributed by atoms with Crippen molar-refractivity contribution in [3.63, 3.8) is 0 Å². The molecule has 0 spiro atoms. The molecule has 0 bridgehead atoms. The van der Waals surface area contributed by atoms with Gasteiger partial charge in [0, 0.05) is 32.7 Å². The van der Waals surface area contributed by atoms with E-state index in [1.54, 1.807) is 0 Å². The minimum atomic E-state index is -0.0580. The summed E-state index contributed by atoms with van der Waals surface area (Å²) >= 11 is 0. The lowest BCUT2D eigenvalue weighted by Gasteiger charge is -2.38. The second-order valence-electron chi connectivity index (χ2n) is 5.41. The minimum absolute atomic E-state index is 0.0499. The van der Waals surface area contributed by atoms with Crippen LogP contribution in [0.1, 0.15) is 34.1 Å². The van der Waals surface area contributed by atoms with Gasteiger partial charge in [-0.05, 0) is 19.3 Å². The molecule has 1 fully saturated rings. The molecule has 0 saturated carbocycles. The van der Waals surface area contributed by atoms with Gasteiger partial charge in [-0.1, -0.05) is 20.8 Å². The average molecular weight is 256 g/mol. The van der Waals surface area contributed by atoms with E-state index in [1.807, 2.05) is 6.92 Å². The number of hydrogen-bond donors (Lipinski definition) is 0. The zero-order chi connectivity index (χ0) is 13.5. The molecule has 0 aromatic carbocycles. The van der Waals surface area contributed by atoms with E-state index in [1.165, 1.54) is 0 Å². The third kappa shape index (κ3) is 4.58. The molecule has 1 heterocycles. The Morgan fingerprint density at radius 2 is 1.78 bits per heavy atom. The van der Waals surface area contributed by atoms with Crippen LogP contribution in [0, 0.1) is 5.92 Å². The van der Waals surface area contributed by atoms with Crippen molar-refractivity contribution in [3.8, 4) is 0 Å². The highest BCUT2D eigenvalue weighted by Crippen LogP contribution is 2.12. The monoisotopic (exact) mass is 256 g/mol. The summed E-state index contributed by atoms with van der Waals surface area (Å²) in [6.07, 6.45) is 0.836. The third-order valence-corrected chi connectivity index (χ3v) is 3.42. The molecule has 0 N–H and O–H groups in total. The van der Waals surface area contributed by atoms with Crippen molar-refractivity contribution >= 4 is 5.97 Å². The molecule has 4 nitrogen and oxygen atoms in total. The van der Waals surface area contributed by atoms with Crippen LogP contribution in [0.2, 0.25) is 0 Å². The summed E-state index contributed by atoms with van der Waals surface area (Å²) in [6, 6.07) is -0.0499. The van der Waals surface area contributed by atoms with Crippen molar-refractivity contribution in [2.24, 2.45) is 5.92 Å². The molecular weight excluding hydrogens is 228 g/mol. The van der Waals surface area contributed by atoms with Gasteiger partial charge in [0.1, 0.15) is 6.04 Å². The fourth-order valence-electron chi connectivity index (χ4n) is 2.59. The first-order chi connectivity index (χ1) is 8.58. The van der Waals surface area contributed by atoms with Gasteiger partial charge in [-0.2, -0.15) is 0 Å². The summed E-state index contributed by atoms with van der Waals surface area (Å²) in [7, 11) is 0. The number of nitrogens with zero attached hydrogens (tertiary/aromatic N) is 2. The summed E-state index contributed by atoms with van der Waals surface area (Å²) in [4.78, 5) is 16.6. The Balaban J connectivity index is 2.42. The highest BCUT2D eigenvalue weighted by atomic mass is 16.5. The Morgan fingerprint density at radius 3 is 2.22 bits per heavy atom. The molecule has 1 aliphatic heterocycles. The highest BCUT2D eigenvalue weighted by molar-refractivity contribution is 5.75. The predicted molar refractivity (Wildman–Crippen MR) is 73.6 cm³/mol. The maximum atomic E-state index is 11.9. The smallest absolute Gasteiger partial charge is 0.323 e. The number of hydrogen-bond acceptors (Lipinski definition) is 4. The van der Waals surface area contributed by atoms with Crippen LogP contribution in [0.15, 0.2) is 0 Å². The lowest BCUT2D eigenvalue weighted by molar-refractivity contribution is -0.150. The zero-order valence-corrected chi connectivity index (χ0v) is 12.3. The van der Waals surface area contributed by atoms with E-state index in [-0.39, 0.29) is 12.0 Å². The van der Waals surface area contributed by atoms with Crippen molar-refractivity contribution in [1.82, 2.24) is 9.80 Å². The standard InChI is InChI=1S/C14H28N2O2/c1-5-13(14(17)18-6-2)16-9-7-15(8-10-16)11-12(3)4/h12-13H,5-11H2,1-4H3. The molecular formula is C14H28N2O2. The predicted octanol–water partition coefficient (Wildman–Crippen LogP) is 1.60. The Labute approximate surface area is 111 Å². The van der Waals surface area contributed by atoms with Gasteiger partial charge in [0.05, 0.1) is 6.61 Å². The Morgan fingerprint density at radius 1 is 1.17 bits per heavy atom. The molecule has 4 heteroatoms. The van der Waals surface area contributed by atoms with Crippen molar-refractivity contribution in [1.29, 1.82) is 0 Å². The molecule has 0 aromatic heterocycles. The lowest BCUT2D eigenvalue weighted by atomic mass is 10.1. The van der Waals surface area contributed by atoms with Crippen LogP contribution in [-0.4, -0.2) is 61.1 Å². The van der Waals surface area contributed by atoms with E-state index in [2.05, 4.69) is 30.6 Å². The zero-order valence-electron chi connectivity index (χ0n) is 12.3. The second-order valence-corrected chi connectivity index (χ2v) is 5.41. The molecule has 1 unspecified atom stereocenters. The SMILES string of the molecule is CCOC(=O)C(CC)N1CCN(CC(C)C)CC1. The van der Waals surface area contributed by atoms with Gasteiger partial charge in [-0.25, -0.2) is 0 Å². The number of rotatable bonds is 6. The summed E-state index contributed by atoms with van der Waals surface area (Å²) in [5, 5.41) is 0. The fourth-order valence-corrected chi connectivity index (χ4v) is 2.59. The van der Waals surface area contributed by atoms with Crippen LogP contribution in [0.4, 0.5) is 0 Å². The molecule has 0 radical (unpaired) electrons. The Hall–Kier alpha value is -0.610. The largest absolute Gasteiger partial charge is 0.465 e. The minimum Gasteiger partial charge on any atom is -0.465 e. The van der Waals surface area contributed by atoms with Crippen LogP contribution >= 0.6 is 0 Å². The normalized spacial score (nSPS) is 20.1. The Bertz CT molecular complexity index is 248. The third-order valence-electron chi connectivity index (χ3n) is 3.42.